The predicted octanol–water partition coefficient (Wildman–Crippen LogP) is 4.08. The molecule has 1 saturated heterocycles. The fraction of sp³-hybridized carbons (Fsp3) is 0.476. The molecule has 1 amide bonds. The molecule has 24 heavy (non-hydrogen) atoms. The van der Waals surface area contributed by atoms with E-state index in [9.17, 15) is 4.79 Å². The lowest BCUT2D eigenvalue weighted by Crippen LogP contribution is -2.35. The highest BCUT2D eigenvalue weighted by molar-refractivity contribution is 5.98. The Morgan fingerprint density at radius 2 is 2.00 bits per heavy atom. The van der Waals surface area contributed by atoms with Gasteiger partial charge in [-0.15, -0.1) is 0 Å². The molecule has 0 aromatic heterocycles. The first kappa shape index (κ1) is 17.0. The Morgan fingerprint density at radius 1 is 1.17 bits per heavy atom. The van der Waals surface area contributed by atoms with Crippen LogP contribution in [0.3, 0.4) is 0 Å². The Kier molecular flexibility index (Phi) is 5.86. The lowest BCUT2D eigenvalue weighted by atomic mass is 10.0. The molecule has 0 saturated carbocycles. The van der Waals surface area contributed by atoms with Gasteiger partial charge in [-0.1, -0.05) is 37.3 Å². The summed E-state index contributed by atoms with van der Waals surface area (Å²) in [7, 11) is 0. The molecule has 0 radical (unpaired) electrons. The maximum absolute atomic E-state index is 12.3. The SMILES string of the molecule is C[C@@H]1CCCN(CCCCNC(=O)c2ccc3ccccc3c2)C1. The monoisotopic (exact) mass is 324 g/mol. The minimum Gasteiger partial charge on any atom is -0.352 e. The molecule has 3 nitrogen and oxygen atoms in total. The molecule has 3 heteroatoms. The standard InChI is InChI=1S/C21H28N2O/c1-17-7-6-14-23(16-17)13-5-4-12-22-21(24)20-11-10-18-8-2-3-9-19(18)15-20/h2-3,8-11,15,17H,4-7,12-14,16H2,1H3,(H,22,24)/t17-/m1/s1. The molecule has 1 aliphatic rings. The number of fused-ring (bicyclic) bond motifs is 1. The molecule has 1 N–H and O–H groups in total. The normalized spacial score (nSPS) is 18.6. The van der Waals surface area contributed by atoms with E-state index < -0.39 is 0 Å². The van der Waals surface area contributed by atoms with Crippen molar-refractivity contribution in [1.82, 2.24) is 10.2 Å². The van der Waals surface area contributed by atoms with E-state index in [4.69, 9.17) is 0 Å². The second kappa shape index (κ2) is 8.29. The molecule has 128 valence electrons. The van der Waals surface area contributed by atoms with Crippen molar-refractivity contribution in [3.05, 3.63) is 48.0 Å². The lowest BCUT2D eigenvalue weighted by molar-refractivity contribution is 0.0952. The highest BCUT2D eigenvalue weighted by Gasteiger charge is 2.15. The van der Waals surface area contributed by atoms with E-state index in [-0.39, 0.29) is 5.91 Å². The van der Waals surface area contributed by atoms with Gasteiger partial charge in [0, 0.05) is 18.7 Å². The van der Waals surface area contributed by atoms with E-state index in [1.807, 2.05) is 36.4 Å². The van der Waals surface area contributed by atoms with Gasteiger partial charge in [0.1, 0.15) is 0 Å². The molecule has 0 unspecified atom stereocenters. The van der Waals surface area contributed by atoms with Crippen LogP contribution in [0.5, 0.6) is 0 Å². The van der Waals surface area contributed by atoms with Crippen LogP contribution in [0.1, 0.15) is 43.0 Å². The Balaban J connectivity index is 1.40. The number of carbonyl (C=O) groups excluding carboxylic acids is 1. The van der Waals surface area contributed by atoms with Crippen molar-refractivity contribution in [2.75, 3.05) is 26.2 Å². The van der Waals surface area contributed by atoms with Gasteiger partial charge in [-0.25, -0.2) is 0 Å². The van der Waals surface area contributed by atoms with Gasteiger partial charge in [-0.2, -0.15) is 0 Å². The number of unbranched alkanes of at least 4 members (excludes halogenated alkanes) is 1. The number of likely N-dealkylation sites (tertiary alicyclic amines) is 1. The molecule has 0 bridgehead atoms. The van der Waals surface area contributed by atoms with Gasteiger partial charge in [0.05, 0.1) is 0 Å². The molecular formula is C21H28N2O. The van der Waals surface area contributed by atoms with E-state index in [0.29, 0.717) is 0 Å². The van der Waals surface area contributed by atoms with E-state index >= 15 is 0 Å². The topological polar surface area (TPSA) is 32.3 Å². The van der Waals surface area contributed by atoms with Crippen LogP contribution in [-0.2, 0) is 0 Å². The number of hydrogen-bond acceptors (Lipinski definition) is 2. The summed E-state index contributed by atoms with van der Waals surface area (Å²) >= 11 is 0. The number of piperidine rings is 1. The number of carbonyl (C=O) groups is 1. The summed E-state index contributed by atoms with van der Waals surface area (Å²) < 4.78 is 0. The van der Waals surface area contributed by atoms with Gasteiger partial charge in [0.15, 0.2) is 0 Å². The minimum absolute atomic E-state index is 0.0346. The van der Waals surface area contributed by atoms with Crippen LogP contribution in [0.4, 0.5) is 0 Å². The van der Waals surface area contributed by atoms with Gasteiger partial charge in [-0.05, 0) is 67.6 Å². The third-order valence-electron chi connectivity index (χ3n) is 4.94. The molecule has 1 fully saturated rings. The quantitative estimate of drug-likeness (QED) is 0.812. The van der Waals surface area contributed by atoms with E-state index in [2.05, 4.69) is 23.2 Å². The van der Waals surface area contributed by atoms with Crippen molar-refractivity contribution < 1.29 is 4.79 Å². The van der Waals surface area contributed by atoms with Crippen LogP contribution in [-0.4, -0.2) is 37.0 Å². The highest BCUT2D eigenvalue weighted by atomic mass is 16.1. The van der Waals surface area contributed by atoms with Crippen LogP contribution in [0.2, 0.25) is 0 Å². The number of hydrogen-bond donors (Lipinski definition) is 1. The summed E-state index contributed by atoms with van der Waals surface area (Å²) in [5.41, 5.74) is 0.749. The zero-order valence-corrected chi connectivity index (χ0v) is 14.6. The van der Waals surface area contributed by atoms with Crippen LogP contribution >= 0.6 is 0 Å². The maximum Gasteiger partial charge on any atom is 0.251 e. The summed E-state index contributed by atoms with van der Waals surface area (Å²) in [4.78, 5) is 14.8. The summed E-state index contributed by atoms with van der Waals surface area (Å²) in [5, 5.41) is 5.34. The first-order chi connectivity index (χ1) is 11.7. The minimum atomic E-state index is 0.0346. The fourth-order valence-corrected chi connectivity index (χ4v) is 3.58. The average Bonchev–Trinajstić information content (AvgIpc) is 2.61. The third kappa shape index (κ3) is 4.57. The molecule has 0 spiro atoms. The van der Waals surface area contributed by atoms with Gasteiger partial charge in [-0.3, -0.25) is 4.79 Å². The molecule has 1 heterocycles. The van der Waals surface area contributed by atoms with Gasteiger partial charge in [0.2, 0.25) is 0 Å². The summed E-state index contributed by atoms with van der Waals surface area (Å²) in [6.07, 6.45) is 4.91. The van der Waals surface area contributed by atoms with E-state index in [0.717, 1.165) is 42.8 Å². The molecule has 1 atom stereocenters. The maximum atomic E-state index is 12.3. The number of rotatable bonds is 6. The number of nitrogens with one attached hydrogen (secondary N) is 1. The Bertz CT molecular complexity index is 682. The molecule has 3 rings (SSSR count). The van der Waals surface area contributed by atoms with Crippen molar-refractivity contribution in [2.45, 2.75) is 32.6 Å². The Morgan fingerprint density at radius 3 is 2.83 bits per heavy atom. The lowest BCUT2D eigenvalue weighted by Gasteiger charge is -2.30. The zero-order chi connectivity index (χ0) is 16.8. The van der Waals surface area contributed by atoms with E-state index in [1.54, 1.807) is 0 Å². The second-order valence-electron chi connectivity index (χ2n) is 7.07. The van der Waals surface area contributed by atoms with Crippen molar-refractivity contribution >= 4 is 16.7 Å². The van der Waals surface area contributed by atoms with Crippen molar-refractivity contribution in [1.29, 1.82) is 0 Å². The smallest absolute Gasteiger partial charge is 0.251 e. The second-order valence-corrected chi connectivity index (χ2v) is 7.07. The van der Waals surface area contributed by atoms with E-state index in [1.165, 1.54) is 31.3 Å². The van der Waals surface area contributed by atoms with Crippen molar-refractivity contribution in [2.24, 2.45) is 5.92 Å². The van der Waals surface area contributed by atoms with Gasteiger partial charge < -0.3 is 10.2 Å². The number of amides is 1. The summed E-state index contributed by atoms with van der Waals surface area (Å²) in [5.74, 6) is 0.874. The summed E-state index contributed by atoms with van der Waals surface area (Å²) in [6, 6.07) is 14.0. The van der Waals surface area contributed by atoms with Crippen molar-refractivity contribution in [3.63, 3.8) is 0 Å². The predicted molar refractivity (Wildman–Crippen MR) is 100 cm³/mol. The Hall–Kier alpha value is -1.87. The first-order valence-corrected chi connectivity index (χ1v) is 9.22. The highest BCUT2D eigenvalue weighted by Crippen LogP contribution is 2.16. The molecular weight excluding hydrogens is 296 g/mol. The molecule has 1 aliphatic heterocycles. The largest absolute Gasteiger partial charge is 0.352 e. The van der Waals surface area contributed by atoms with Crippen LogP contribution in [0.25, 0.3) is 10.8 Å². The van der Waals surface area contributed by atoms with Crippen LogP contribution in [0.15, 0.2) is 42.5 Å². The van der Waals surface area contributed by atoms with Crippen molar-refractivity contribution in [3.8, 4) is 0 Å². The summed E-state index contributed by atoms with van der Waals surface area (Å²) in [6.45, 7) is 6.75. The van der Waals surface area contributed by atoms with Gasteiger partial charge >= 0.3 is 0 Å². The number of nitrogens with zero attached hydrogens (tertiary/aromatic N) is 1. The molecule has 2 aromatic carbocycles. The Labute approximate surface area is 145 Å². The van der Waals surface area contributed by atoms with Crippen LogP contribution < -0.4 is 5.32 Å². The van der Waals surface area contributed by atoms with Gasteiger partial charge in [0.25, 0.3) is 5.91 Å². The average molecular weight is 324 g/mol. The fourth-order valence-electron chi connectivity index (χ4n) is 3.58. The first-order valence-electron chi connectivity index (χ1n) is 9.22. The zero-order valence-electron chi connectivity index (χ0n) is 14.6. The third-order valence-corrected chi connectivity index (χ3v) is 4.94. The number of benzene rings is 2. The molecule has 0 aliphatic carbocycles. The molecule has 2 aromatic rings. The van der Waals surface area contributed by atoms with Crippen LogP contribution in [0, 0.1) is 5.92 Å².